The molecule has 0 spiro atoms. The van der Waals surface area contributed by atoms with Crippen LogP contribution in [0.3, 0.4) is 0 Å². The van der Waals surface area contributed by atoms with E-state index in [-0.39, 0.29) is 38.4 Å². The number of unbranched alkanes of at least 4 members (excludes halogenated alkanes) is 10. The molecule has 8 heteroatoms. The average Bonchev–Trinajstić information content (AvgIpc) is 3.45. The Morgan fingerprint density at radius 3 is 1.63 bits per heavy atom. The van der Waals surface area contributed by atoms with E-state index in [4.69, 9.17) is 28.4 Å². The first-order chi connectivity index (χ1) is 19.1. The lowest BCUT2D eigenvalue weighted by Crippen LogP contribution is -2.27. The van der Waals surface area contributed by atoms with Crippen molar-refractivity contribution in [3.8, 4) is 0 Å². The van der Waals surface area contributed by atoms with Crippen LogP contribution in [0.1, 0.15) is 139 Å². The molecule has 0 aliphatic carbocycles. The number of hydrogen-bond acceptors (Lipinski definition) is 8. The zero-order valence-electron chi connectivity index (χ0n) is 26.8. The van der Waals surface area contributed by atoms with Gasteiger partial charge in [-0.25, -0.2) is 0 Å². The Kier molecular flexibility index (Phi) is 23.9. The van der Waals surface area contributed by atoms with Crippen molar-refractivity contribution in [3.05, 3.63) is 0 Å². The molecule has 0 bridgehead atoms. The van der Waals surface area contributed by atoms with E-state index in [1.54, 1.807) is 0 Å². The first kappa shape index (κ1) is 40.7. The van der Waals surface area contributed by atoms with Gasteiger partial charge in [0.2, 0.25) is 0 Å². The smallest absolute Gasteiger partial charge is 0.163 e. The Hall–Kier alpha value is -0.320. The molecule has 0 aromatic heterocycles. The lowest BCUT2D eigenvalue weighted by molar-refractivity contribution is -0.149. The lowest BCUT2D eigenvalue weighted by Gasteiger charge is -2.19. The van der Waals surface area contributed by atoms with Crippen LogP contribution in [0.15, 0.2) is 0 Å². The van der Waals surface area contributed by atoms with E-state index in [0.717, 1.165) is 25.7 Å². The van der Waals surface area contributed by atoms with Crippen molar-refractivity contribution < 1.29 is 38.6 Å². The third-order valence-corrected chi connectivity index (χ3v) is 7.24. The summed E-state index contributed by atoms with van der Waals surface area (Å²) in [7, 11) is 0. The van der Waals surface area contributed by atoms with Crippen molar-refractivity contribution in [2.75, 3.05) is 39.6 Å². The quantitative estimate of drug-likeness (QED) is 0.128. The second kappa shape index (κ2) is 24.1. The largest absolute Gasteiger partial charge is 0.394 e. The maximum Gasteiger partial charge on any atom is 0.163 e. The molecule has 0 radical (unpaired) electrons. The van der Waals surface area contributed by atoms with Crippen LogP contribution in [0.4, 0.5) is 0 Å². The van der Waals surface area contributed by atoms with Gasteiger partial charge in [-0.2, -0.15) is 0 Å². The van der Waals surface area contributed by atoms with Crippen LogP contribution in [-0.2, 0) is 28.4 Å². The zero-order chi connectivity index (χ0) is 29.7. The van der Waals surface area contributed by atoms with Crippen LogP contribution in [0.5, 0.6) is 0 Å². The van der Waals surface area contributed by atoms with Crippen molar-refractivity contribution in [2.24, 2.45) is 0 Å². The average molecular weight is 593 g/mol. The Morgan fingerprint density at radius 1 is 0.707 bits per heavy atom. The standard InChI is InChI=1S/2C16H32O4.CH4/c1-4-5-6-7-8-9-10-14(17)11-18-12-15-13-19-16(2,3)20-15;1-4-5-6-7-8-9-10-14(11-17)18-12-15-13-19-16(2,3)20-15;/h2*14-15,17H,4-13H2,1-3H3;1H4. The van der Waals surface area contributed by atoms with Crippen molar-refractivity contribution in [3.63, 3.8) is 0 Å². The molecule has 2 fully saturated rings. The van der Waals surface area contributed by atoms with Gasteiger partial charge in [0.1, 0.15) is 12.2 Å². The lowest BCUT2D eigenvalue weighted by atomic mass is 10.1. The zero-order valence-corrected chi connectivity index (χ0v) is 26.8. The van der Waals surface area contributed by atoms with Crippen LogP contribution in [0.2, 0.25) is 0 Å². The molecule has 8 nitrogen and oxygen atoms in total. The Labute approximate surface area is 253 Å². The van der Waals surface area contributed by atoms with Gasteiger partial charge in [0.05, 0.1) is 51.8 Å². The van der Waals surface area contributed by atoms with E-state index < -0.39 is 11.6 Å². The molecule has 2 aliphatic heterocycles. The molecule has 2 rings (SSSR count). The van der Waals surface area contributed by atoms with Gasteiger partial charge in [0.25, 0.3) is 0 Å². The number of hydrogen-bond donors (Lipinski definition) is 2. The summed E-state index contributed by atoms with van der Waals surface area (Å²) in [6.07, 6.45) is 16.4. The van der Waals surface area contributed by atoms with Crippen LogP contribution in [0, 0.1) is 0 Å². The highest BCUT2D eigenvalue weighted by molar-refractivity contribution is 4.72. The summed E-state index contributed by atoms with van der Waals surface area (Å²) in [6.45, 7) is 14.7. The van der Waals surface area contributed by atoms with Gasteiger partial charge in [-0.15, -0.1) is 0 Å². The maximum absolute atomic E-state index is 9.83. The Bertz CT molecular complexity index is 586. The van der Waals surface area contributed by atoms with E-state index in [2.05, 4.69) is 13.8 Å². The van der Waals surface area contributed by atoms with Gasteiger partial charge in [-0.3, -0.25) is 0 Å². The predicted molar refractivity (Wildman–Crippen MR) is 166 cm³/mol. The second-order valence-electron chi connectivity index (χ2n) is 12.3. The van der Waals surface area contributed by atoms with Crippen molar-refractivity contribution >= 4 is 0 Å². The molecule has 0 aromatic rings. The maximum atomic E-state index is 9.83. The molecule has 2 aliphatic rings. The molecule has 4 atom stereocenters. The minimum Gasteiger partial charge on any atom is -0.394 e. The molecule has 0 amide bonds. The van der Waals surface area contributed by atoms with Gasteiger partial charge >= 0.3 is 0 Å². The fraction of sp³-hybridized carbons (Fsp3) is 1.00. The monoisotopic (exact) mass is 592 g/mol. The van der Waals surface area contributed by atoms with Crippen molar-refractivity contribution in [2.45, 2.75) is 175 Å². The third-order valence-electron chi connectivity index (χ3n) is 7.24. The molecule has 0 aromatic carbocycles. The number of ether oxygens (including phenoxy) is 6. The fourth-order valence-electron chi connectivity index (χ4n) is 4.89. The van der Waals surface area contributed by atoms with E-state index in [9.17, 15) is 10.2 Å². The van der Waals surface area contributed by atoms with E-state index in [0.29, 0.717) is 33.0 Å². The molecule has 4 unspecified atom stereocenters. The summed E-state index contributed by atoms with van der Waals surface area (Å²) in [6, 6.07) is 0. The predicted octanol–water partition coefficient (Wildman–Crippen LogP) is 7.17. The number of aliphatic hydroxyl groups is 2. The molecule has 248 valence electrons. The van der Waals surface area contributed by atoms with E-state index >= 15 is 0 Å². The normalized spacial score (nSPS) is 22.5. The van der Waals surface area contributed by atoms with Crippen molar-refractivity contribution in [1.82, 2.24) is 0 Å². The minimum atomic E-state index is -0.498. The number of rotatable bonds is 22. The highest BCUT2D eigenvalue weighted by Crippen LogP contribution is 2.23. The molecule has 2 heterocycles. The molecule has 2 N–H and O–H groups in total. The first-order valence-electron chi connectivity index (χ1n) is 16.2. The topological polar surface area (TPSA) is 95.8 Å². The summed E-state index contributed by atoms with van der Waals surface area (Å²) >= 11 is 0. The van der Waals surface area contributed by atoms with Gasteiger partial charge in [0, 0.05) is 0 Å². The van der Waals surface area contributed by atoms with Crippen LogP contribution < -0.4 is 0 Å². The van der Waals surface area contributed by atoms with Crippen LogP contribution in [-0.4, -0.2) is 85.8 Å². The Morgan fingerprint density at radius 2 is 1.17 bits per heavy atom. The van der Waals surface area contributed by atoms with E-state index in [1.165, 1.54) is 64.2 Å². The van der Waals surface area contributed by atoms with E-state index in [1.807, 2.05) is 27.7 Å². The summed E-state index contributed by atoms with van der Waals surface area (Å²) in [5.74, 6) is -0.993. The van der Waals surface area contributed by atoms with Gasteiger partial charge in [-0.1, -0.05) is 98.3 Å². The third kappa shape index (κ3) is 21.9. The first-order valence-corrected chi connectivity index (χ1v) is 16.2. The molecular formula is C33H68O8. The van der Waals surface area contributed by atoms with Gasteiger partial charge in [0.15, 0.2) is 11.6 Å². The van der Waals surface area contributed by atoms with Gasteiger partial charge < -0.3 is 38.6 Å². The fourth-order valence-corrected chi connectivity index (χ4v) is 4.89. The summed E-state index contributed by atoms with van der Waals surface area (Å²) in [4.78, 5) is 0. The highest BCUT2D eigenvalue weighted by atomic mass is 16.8. The van der Waals surface area contributed by atoms with Gasteiger partial charge in [-0.05, 0) is 40.5 Å². The molecular weight excluding hydrogens is 524 g/mol. The molecule has 0 saturated carbocycles. The molecule has 41 heavy (non-hydrogen) atoms. The summed E-state index contributed by atoms with van der Waals surface area (Å²) in [5, 5.41) is 19.2. The SMILES string of the molecule is C.CCCCCCCCC(CO)OCC1COC(C)(C)O1.CCCCCCCCC(O)COCC1COC(C)(C)O1. The minimum absolute atomic E-state index is 0. The number of aliphatic hydroxyl groups excluding tert-OH is 2. The second-order valence-corrected chi connectivity index (χ2v) is 12.3. The van der Waals surface area contributed by atoms with Crippen molar-refractivity contribution in [1.29, 1.82) is 0 Å². The summed E-state index contributed by atoms with van der Waals surface area (Å²) < 4.78 is 33.5. The van der Waals surface area contributed by atoms with Crippen LogP contribution >= 0.6 is 0 Å². The Balaban J connectivity index is 0.000000762. The molecule has 2 saturated heterocycles. The summed E-state index contributed by atoms with van der Waals surface area (Å²) in [5.41, 5.74) is 0. The highest BCUT2D eigenvalue weighted by Gasteiger charge is 2.33. The van der Waals surface area contributed by atoms with Crippen LogP contribution in [0.25, 0.3) is 0 Å².